The van der Waals surface area contributed by atoms with Crippen molar-refractivity contribution in [2.45, 2.75) is 49.2 Å². The van der Waals surface area contributed by atoms with Gasteiger partial charge < -0.3 is 39.4 Å². The molecule has 3 aliphatic heterocycles. The van der Waals surface area contributed by atoms with Gasteiger partial charge >= 0.3 is 6.72 Å². The van der Waals surface area contributed by atoms with Crippen molar-refractivity contribution >= 4 is 67.5 Å². The van der Waals surface area contributed by atoms with E-state index in [0.717, 1.165) is 12.7 Å². The Kier molecular flexibility index (Phi) is 7.43. The van der Waals surface area contributed by atoms with Crippen molar-refractivity contribution in [3.05, 3.63) is 25.3 Å². The van der Waals surface area contributed by atoms with E-state index in [9.17, 15) is 9.46 Å². The summed E-state index contributed by atoms with van der Waals surface area (Å²) in [6.45, 7) is -5.67. The number of aromatic nitrogens is 8. The number of fused-ring (bicyclic) bond motifs is 5. The predicted octanol–water partition coefficient (Wildman–Crippen LogP) is 0.612. The van der Waals surface area contributed by atoms with Crippen LogP contribution < -0.4 is 11.5 Å². The van der Waals surface area contributed by atoms with E-state index >= 15 is 8.78 Å². The SMILES string of the molecule is [B]P1(=O)OC[C@H]2O[C@@H](n3cnc4c(N)ncnc43)[C@H](F)[C@@H]2OP(O)(=S)OC[C@H]2O[C@@H](n3cnc4c(N)ncnc43)[C@H](O1)[C@@H]2F. The van der Waals surface area contributed by atoms with Crippen molar-refractivity contribution in [1.82, 2.24) is 39.0 Å². The standard InChI is InChI=1S/C20H21BF2N10O8P2S/c21-42(34)36-2-8-13(10(23)19(39-8)32-5-30-11-15(24)26-3-28-17(11)32)41-43(35,44)37-1-7-9(22)14(40-42)20(38-7)33-6-31-12-16(25)27-4-29-18(12)33/h3-10,13-14,19-20H,1-2H2,(H,35,44)(H2,24,26,28)(H2,25,27,29)/t7-,8-,9-,10-,13-,14-,19-,20-,42?,43?/m1/s1. The van der Waals surface area contributed by atoms with Crippen LogP contribution in [0.3, 0.4) is 0 Å². The number of halogens is 2. The Labute approximate surface area is 251 Å². The minimum Gasteiger partial charge on any atom is -0.382 e. The molecule has 3 fully saturated rings. The van der Waals surface area contributed by atoms with Crippen molar-refractivity contribution in [3.8, 4) is 0 Å². The molecule has 3 saturated heterocycles. The van der Waals surface area contributed by atoms with Crippen molar-refractivity contribution in [3.63, 3.8) is 0 Å². The third-order valence-corrected chi connectivity index (χ3v) is 9.80. The van der Waals surface area contributed by atoms with Gasteiger partial charge in [-0.05, 0) is 11.8 Å². The van der Waals surface area contributed by atoms with Gasteiger partial charge in [-0.3, -0.25) is 18.2 Å². The summed E-state index contributed by atoms with van der Waals surface area (Å²) in [5, 5.41) is 0. The van der Waals surface area contributed by atoms with E-state index in [1.165, 1.54) is 21.8 Å². The van der Waals surface area contributed by atoms with E-state index < -0.39 is 76.6 Å². The van der Waals surface area contributed by atoms with Crippen molar-refractivity contribution in [2.75, 3.05) is 24.7 Å². The maximum Gasteiger partial charge on any atom is 0.325 e. The number of anilines is 2. The van der Waals surface area contributed by atoms with Crippen LogP contribution in [-0.4, -0.2) is 101 Å². The van der Waals surface area contributed by atoms with Crippen LogP contribution in [0.5, 0.6) is 0 Å². The topological polar surface area (TPSA) is 232 Å². The van der Waals surface area contributed by atoms with E-state index in [0.29, 0.717) is 0 Å². The van der Waals surface area contributed by atoms with Crippen LogP contribution >= 0.6 is 14.2 Å². The summed E-state index contributed by atoms with van der Waals surface area (Å²) in [7, 11) is 1.26. The molecule has 44 heavy (non-hydrogen) atoms. The number of hydrogen-bond acceptors (Lipinski definition) is 16. The lowest BCUT2D eigenvalue weighted by Crippen LogP contribution is -2.34. The third-order valence-electron chi connectivity index (χ3n) is 7.20. The molecule has 232 valence electrons. The second-order valence-electron chi connectivity index (χ2n) is 9.92. The summed E-state index contributed by atoms with van der Waals surface area (Å²) in [4.78, 5) is 35.0. The Bertz CT molecular complexity index is 1840. The Morgan fingerprint density at radius 1 is 0.841 bits per heavy atom. The van der Waals surface area contributed by atoms with Gasteiger partial charge in [0.1, 0.15) is 48.1 Å². The van der Waals surface area contributed by atoms with Crippen LogP contribution in [0, 0.1) is 0 Å². The Morgan fingerprint density at radius 3 is 2.05 bits per heavy atom. The molecule has 7 rings (SSSR count). The minimum atomic E-state index is -4.62. The first-order valence-electron chi connectivity index (χ1n) is 12.7. The van der Waals surface area contributed by atoms with Crippen molar-refractivity contribution < 1.29 is 45.8 Å². The lowest BCUT2D eigenvalue weighted by atomic mass is 10.1. The number of nitrogens with two attached hydrogens (primary N) is 2. The summed E-state index contributed by atoms with van der Waals surface area (Å²) in [5.41, 5.74) is 12.4. The van der Waals surface area contributed by atoms with Crippen molar-refractivity contribution in [1.29, 1.82) is 0 Å². The summed E-state index contributed by atoms with van der Waals surface area (Å²) in [6.07, 6.45) is -8.26. The van der Waals surface area contributed by atoms with E-state index in [1.807, 2.05) is 0 Å². The van der Waals surface area contributed by atoms with Crippen LogP contribution in [0.25, 0.3) is 22.3 Å². The molecule has 2 radical (unpaired) electrons. The maximum absolute atomic E-state index is 16.0. The second-order valence-corrected chi connectivity index (χ2v) is 14.3. The van der Waals surface area contributed by atoms with Gasteiger partial charge in [-0.15, -0.1) is 0 Å². The first-order chi connectivity index (χ1) is 20.9. The average molecular weight is 672 g/mol. The molecule has 18 nitrogen and oxygen atoms in total. The molecule has 3 aliphatic rings. The van der Waals surface area contributed by atoms with Gasteiger partial charge in [0.2, 0.25) is 7.57 Å². The summed E-state index contributed by atoms with van der Waals surface area (Å²) < 4.78 is 81.0. The van der Waals surface area contributed by atoms with Gasteiger partial charge in [-0.2, -0.15) is 0 Å². The molecule has 0 aromatic carbocycles. The fraction of sp³-hybridized carbons (Fsp3) is 0.500. The minimum absolute atomic E-state index is 0.0455. The smallest absolute Gasteiger partial charge is 0.325 e. The lowest BCUT2D eigenvalue weighted by Gasteiger charge is -2.27. The molecular formula is C20H21BF2N10O8P2S. The number of ether oxygens (including phenoxy) is 2. The van der Waals surface area contributed by atoms with Crippen LogP contribution in [-0.2, 0) is 43.9 Å². The number of nitrogens with zero attached hydrogens (tertiary/aromatic N) is 8. The van der Waals surface area contributed by atoms with Gasteiger partial charge in [0.05, 0.1) is 25.9 Å². The fourth-order valence-corrected chi connectivity index (χ4v) is 7.60. The summed E-state index contributed by atoms with van der Waals surface area (Å²) in [5.74, 6) is 0.0925. The Morgan fingerprint density at radius 2 is 1.41 bits per heavy atom. The van der Waals surface area contributed by atoms with Crippen LogP contribution in [0.15, 0.2) is 25.3 Å². The maximum atomic E-state index is 16.0. The molecular weight excluding hydrogens is 651 g/mol. The molecule has 0 spiro atoms. The van der Waals surface area contributed by atoms with Gasteiger partial charge in [0, 0.05) is 0 Å². The number of alkyl halides is 2. The zero-order valence-electron chi connectivity index (χ0n) is 22.0. The van der Waals surface area contributed by atoms with Crippen LogP contribution in [0.1, 0.15) is 12.5 Å². The monoisotopic (exact) mass is 672 g/mol. The molecule has 0 saturated carbocycles. The zero-order valence-corrected chi connectivity index (χ0v) is 24.6. The molecule has 0 aliphatic carbocycles. The number of imidazole rings is 2. The zero-order chi connectivity index (χ0) is 31.0. The van der Waals surface area contributed by atoms with E-state index in [-0.39, 0.29) is 34.0 Å². The van der Waals surface area contributed by atoms with E-state index in [1.54, 1.807) is 0 Å². The van der Waals surface area contributed by atoms with Crippen molar-refractivity contribution in [2.24, 2.45) is 0 Å². The van der Waals surface area contributed by atoms with E-state index in [4.69, 9.17) is 58.4 Å². The molecule has 0 amide bonds. The number of hydrogen-bond donors (Lipinski definition) is 3. The van der Waals surface area contributed by atoms with Gasteiger partial charge in [0.15, 0.2) is 47.7 Å². The van der Waals surface area contributed by atoms with Gasteiger partial charge in [0.25, 0.3) is 7.47 Å². The molecule has 4 aromatic rings. The highest BCUT2D eigenvalue weighted by Crippen LogP contribution is 2.54. The van der Waals surface area contributed by atoms with E-state index in [2.05, 4.69) is 29.9 Å². The number of rotatable bonds is 2. The third kappa shape index (κ3) is 5.18. The summed E-state index contributed by atoms with van der Waals surface area (Å²) in [6, 6.07) is 0. The van der Waals surface area contributed by atoms with Gasteiger partial charge in [-0.25, -0.2) is 38.7 Å². The lowest BCUT2D eigenvalue weighted by molar-refractivity contribution is -0.0580. The molecule has 2 unspecified atom stereocenters. The predicted molar refractivity (Wildman–Crippen MR) is 149 cm³/mol. The highest BCUT2D eigenvalue weighted by atomic mass is 32.5. The van der Waals surface area contributed by atoms with Crippen LogP contribution in [0.4, 0.5) is 20.4 Å². The normalized spacial score (nSPS) is 38.2. The average Bonchev–Trinajstić information content (AvgIpc) is 3.73. The molecule has 7 heterocycles. The molecule has 24 heteroatoms. The quantitative estimate of drug-likeness (QED) is 0.196. The molecule has 10 atom stereocenters. The second kappa shape index (κ2) is 10.9. The summed E-state index contributed by atoms with van der Waals surface area (Å²) >= 11 is 5.12. The highest BCUT2D eigenvalue weighted by Gasteiger charge is 2.53. The molecule has 5 N–H and O–H groups in total. The fourth-order valence-electron chi connectivity index (χ4n) is 5.19. The molecule has 4 aromatic heterocycles. The Balaban J connectivity index is 1.20. The largest absolute Gasteiger partial charge is 0.382 e. The first kappa shape index (κ1) is 29.9. The molecule has 2 bridgehead atoms. The number of nitrogen functional groups attached to an aromatic ring is 2. The Hall–Kier alpha value is -2.78. The highest BCUT2D eigenvalue weighted by molar-refractivity contribution is 8.07. The first-order valence-corrected chi connectivity index (χ1v) is 16.9. The van der Waals surface area contributed by atoms with Crippen LogP contribution in [0.2, 0.25) is 0 Å². The van der Waals surface area contributed by atoms with Gasteiger partial charge in [-0.1, -0.05) is 0 Å².